The van der Waals surface area contributed by atoms with E-state index in [0.29, 0.717) is 11.3 Å². The number of aliphatic carboxylic acids is 2. The Labute approximate surface area is 200 Å². The average Bonchev–Trinajstić information content (AvgIpc) is 2.76. The van der Waals surface area contributed by atoms with Crippen LogP contribution in [-0.2, 0) is 30.4 Å². The van der Waals surface area contributed by atoms with Crippen molar-refractivity contribution in [2.75, 3.05) is 12.0 Å². The largest absolute Gasteiger partial charge is 0.508 e. The smallest absolute Gasteiger partial charge is 0.326 e. The zero-order valence-electron chi connectivity index (χ0n) is 18.8. The molecule has 1 aromatic rings. The minimum absolute atomic E-state index is 0.0739. The number of thioether (sulfide) groups is 1. The number of carbonyl (C=O) groups excluding carboxylic acids is 3. The first-order valence-electron chi connectivity index (χ1n) is 10.3. The number of hydrogen-bond donors (Lipinski definition) is 7. The highest BCUT2D eigenvalue weighted by molar-refractivity contribution is 7.98. The number of phenols is 1. The lowest BCUT2D eigenvalue weighted by atomic mass is 10.1. The first-order valence-corrected chi connectivity index (χ1v) is 11.7. The second kappa shape index (κ2) is 14.1. The summed E-state index contributed by atoms with van der Waals surface area (Å²) in [7, 11) is 0. The third-order valence-corrected chi connectivity index (χ3v) is 5.36. The SMILES string of the molecule is CSCCC(NC(=O)C(C)NC(=O)C(N)Cc1ccc(O)cc1)C(=O)NC(CC(=O)O)C(=O)O. The summed E-state index contributed by atoms with van der Waals surface area (Å²) in [6, 6.07) is 1.32. The molecule has 13 heteroatoms. The molecule has 0 aliphatic heterocycles. The number of hydrogen-bond acceptors (Lipinski definition) is 8. The normalized spacial score (nSPS) is 14.2. The van der Waals surface area contributed by atoms with Crippen molar-refractivity contribution in [1.29, 1.82) is 0 Å². The molecule has 0 saturated heterocycles. The van der Waals surface area contributed by atoms with Gasteiger partial charge in [0.2, 0.25) is 17.7 Å². The highest BCUT2D eigenvalue weighted by Gasteiger charge is 2.29. The van der Waals surface area contributed by atoms with Crippen molar-refractivity contribution in [3.63, 3.8) is 0 Å². The van der Waals surface area contributed by atoms with Gasteiger partial charge in [0, 0.05) is 0 Å². The second-order valence-electron chi connectivity index (χ2n) is 7.55. The number of carbonyl (C=O) groups is 5. The van der Waals surface area contributed by atoms with Crippen molar-refractivity contribution in [2.45, 2.75) is 50.4 Å². The maximum atomic E-state index is 12.6. The highest BCUT2D eigenvalue weighted by Crippen LogP contribution is 2.11. The summed E-state index contributed by atoms with van der Waals surface area (Å²) in [5.41, 5.74) is 6.61. The van der Waals surface area contributed by atoms with Crippen LogP contribution in [0.2, 0.25) is 0 Å². The van der Waals surface area contributed by atoms with Gasteiger partial charge in [0.05, 0.1) is 12.5 Å². The fourth-order valence-electron chi connectivity index (χ4n) is 2.81. The lowest BCUT2D eigenvalue weighted by Crippen LogP contribution is -2.56. The molecule has 12 nitrogen and oxygen atoms in total. The summed E-state index contributed by atoms with van der Waals surface area (Å²) in [4.78, 5) is 59.6. The zero-order valence-corrected chi connectivity index (χ0v) is 19.6. The molecule has 0 aliphatic carbocycles. The molecule has 0 bridgehead atoms. The minimum atomic E-state index is -1.66. The van der Waals surface area contributed by atoms with Crippen molar-refractivity contribution in [2.24, 2.45) is 5.73 Å². The number of aromatic hydroxyl groups is 1. The van der Waals surface area contributed by atoms with Crippen LogP contribution in [-0.4, -0.2) is 81.2 Å². The lowest BCUT2D eigenvalue weighted by Gasteiger charge is -2.23. The van der Waals surface area contributed by atoms with E-state index in [2.05, 4.69) is 16.0 Å². The number of nitrogens with one attached hydrogen (secondary N) is 3. The number of rotatable bonds is 14. The molecule has 188 valence electrons. The third kappa shape index (κ3) is 10.1. The van der Waals surface area contributed by atoms with Crippen molar-refractivity contribution in [3.8, 4) is 5.75 Å². The van der Waals surface area contributed by atoms with Gasteiger partial charge in [0.25, 0.3) is 0 Å². The number of amides is 3. The van der Waals surface area contributed by atoms with E-state index in [4.69, 9.17) is 15.9 Å². The van der Waals surface area contributed by atoms with Gasteiger partial charge in [-0.25, -0.2) is 4.79 Å². The van der Waals surface area contributed by atoms with E-state index in [-0.39, 0.29) is 18.6 Å². The van der Waals surface area contributed by atoms with Gasteiger partial charge < -0.3 is 37.0 Å². The van der Waals surface area contributed by atoms with Crippen LogP contribution in [0.3, 0.4) is 0 Å². The van der Waals surface area contributed by atoms with Gasteiger partial charge in [-0.2, -0.15) is 11.8 Å². The van der Waals surface area contributed by atoms with Gasteiger partial charge >= 0.3 is 11.9 Å². The Morgan fingerprint density at radius 1 is 0.941 bits per heavy atom. The Morgan fingerprint density at radius 2 is 1.53 bits per heavy atom. The van der Waals surface area contributed by atoms with Crippen LogP contribution < -0.4 is 21.7 Å². The molecule has 0 heterocycles. The number of phenolic OH excluding ortho intramolecular Hbond substituents is 1. The van der Waals surface area contributed by atoms with Crippen LogP contribution >= 0.6 is 11.8 Å². The summed E-state index contributed by atoms with van der Waals surface area (Å²) in [5, 5.41) is 34.3. The van der Waals surface area contributed by atoms with E-state index in [1.54, 1.807) is 18.4 Å². The minimum Gasteiger partial charge on any atom is -0.508 e. The lowest BCUT2D eigenvalue weighted by molar-refractivity contribution is -0.147. The van der Waals surface area contributed by atoms with E-state index < -0.39 is 60.2 Å². The first kappa shape index (κ1) is 28.7. The van der Waals surface area contributed by atoms with Crippen molar-refractivity contribution in [1.82, 2.24) is 16.0 Å². The van der Waals surface area contributed by atoms with Crippen LogP contribution in [0.25, 0.3) is 0 Å². The molecular weight excluding hydrogens is 468 g/mol. The van der Waals surface area contributed by atoms with Gasteiger partial charge in [0.15, 0.2) is 0 Å². The number of nitrogens with two attached hydrogens (primary N) is 1. The molecular formula is C21H30N4O8S. The van der Waals surface area contributed by atoms with Crippen LogP contribution in [0.5, 0.6) is 5.75 Å². The molecule has 0 saturated carbocycles. The van der Waals surface area contributed by atoms with Crippen molar-refractivity contribution < 1.29 is 39.3 Å². The van der Waals surface area contributed by atoms with Gasteiger partial charge in [-0.15, -0.1) is 0 Å². The summed E-state index contributed by atoms with van der Waals surface area (Å²) in [6.07, 6.45) is 1.27. The van der Waals surface area contributed by atoms with Gasteiger partial charge in [-0.1, -0.05) is 12.1 Å². The van der Waals surface area contributed by atoms with E-state index >= 15 is 0 Å². The molecule has 4 unspecified atom stereocenters. The number of carboxylic acid groups (broad SMARTS) is 2. The molecule has 34 heavy (non-hydrogen) atoms. The Balaban J connectivity index is 2.74. The molecule has 0 spiro atoms. The Bertz CT molecular complexity index is 880. The van der Waals surface area contributed by atoms with Crippen molar-refractivity contribution >= 4 is 41.4 Å². The van der Waals surface area contributed by atoms with Crippen molar-refractivity contribution in [3.05, 3.63) is 29.8 Å². The summed E-state index contributed by atoms with van der Waals surface area (Å²) >= 11 is 1.39. The zero-order chi connectivity index (χ0) is 25.8. The quantitative estimate of drug-likeness (QED) is 0.167. The average molecular weight is 499 g/mol. The standard InChI is InChI=1S/C21H30N4O8S/c1-11(23-19(30)14(22)9-12-3-5-13(26)6-4-12)18(29)24-15(7-8-34-2)20(31)25-16(21(32)33)10-17(27)28/h3-6,11,14-16,26H,7-10,22H2,1-2H3,(H,23,30)(H,24,29)(H,25,31)(H,27,28)(H,32,33). The number of carboxylic acids is 2. The fraction of sp³-hybridized carbons (Fsp3) is 0.476. The maximum Gasteiger partial charge on any atom is 0.326 e. The predicted molar refractivity (Wildman–Crippen MR) is 124 cm³/mol. The monoisotopic (exact) mass is 498 g/mol. The molecule has 0 aliphatic rings. The van der Waals surface area contributed by atoms with Crippen LogP contribution in [0, 0.1) is 0 Å². The Hall–Kier alpha value is -3.32. The molecule has 0 fully saturated rings. The first-order chi connectivity index (χ1) is 15.9. The second-order valence-corrected chi connectivity index (χ2v) is 8.53. The maximum absolute atomic E-state index is 12.6. The van der Waals surface area contributed by atoms with Gasteiger partial charge in [0.1, 0.15) is 23.9 Å². The van der Waals surface area contributed by atoms with Gasteiger partial charge in [-0.3, -0.25) is 19.2 Å². The van der Waals surface area contributed by atoms with Gasteiger partial charge in [-0.05, 0) is 49.5 Å². The molecule has 8 N–H and O–H groups in total. The van der Waals surface area contributed by atoms with Crippen LogP contribution in [0.15, 0.2) is 24.3 Å². The van der Waals surface area contributed by atoms with E-state index in [1.165, 1.54) is 30.8 Å². The highest BCUT2D eigenvalue weighted by atomic mass is 32.2. The summed E-state index contributed by atoms with van der Waals surface area (Å²) < 4.78 is 0. The topological polar surface area (TPSA) is 208 Å². The Kier molecular flexibility index (Phi) is 11.9. The Morgan fingerprint density at radius 3 is 2.06 bits per heavy atom. The summed E-state index contributed by atoms with van der Waals surface area (Å²) in [6.45, 7) is 1.40. The van der Waals surface area contributed by atoms with E-state index in [9.17, 15) is 29.1 Å². The molecule has 4 atom stereocenters. The molecule has 1 aromatic carbocycles. The molecule has 0 radical (unpaired) electrons. The molecule has 3 amide bonds. The van der Waals surface area contributed by atoms with Crippen LogP contribution in [0.1, 0.15) is 25.3 Å². The van der Waals surface area contributed by atoms with Crippen LogP contribution in [0.4, 0.5) is 0 Å². The molecule has 1 rings (SSSR count). The number of benzene rings is 1. The molecule has 0 aromatic heterocycles. The van der Waals surface area contributed by atoms with E-state index in [0.717, 1.165) is 0 Å². The third-order valence-electron chi connectivity index (χ3n) is 4.72. The summed E-state index contributed by atoms with van der Waals surface area (Å²) in [5.74, 6) is -4.55. The fourth-order valence-corrected chi connectivity index (χ4v) is 3.28. The van der Waals surface area contributed by atoms with E-state index in [1.807, 2.05) is 0 Å². The predicted octanol–water partition coefficient (Wildman–Crippen LogP) is -0.951.